The molecule has 0 saturated carbocycles. The summed E-state index contributed by atoms with van der Waals surface area (Å²) >= 11 is 0. The molecule has 7 nitrogen and oxygen atoms in total. The normalized spacial score (nSPS) is 14.1. The van der Waals surface area contributed by atoms with Crippen molar-refractivity contribution in [1.82, 2.24) is 5.32 Å². The first kappa shape index (κ1) is 17.3. The number of carbonyl (C=O) groups excluding carboxylic acids is 1. The van der Waals surface area contributed by atoms with E-state index in [0.717, 1.165) is 0 Å². The van der Waals surface area contributed by atoms with Crippen LogP contribution >= 0.6 is 0 Å². The summed E-state index contributed by atoms with van der Waals surface area (Å²) in [5.74, 6) is 0.276. The number of amides is 1. The lowest BCUT2D eigenvalue weighted by molar-refractivity contribution is -0.137. The van der Waals surface area contributed by atoms with Crippen molar-refractivity contribution in [2.24, 2.45) is 0 Å². The van der Waals surface area contributed by atoms with Crippen molar-refractivity contribution in [1.29, 1.82) is 0 Å². The Balaban J connectivity index is 1.76. The van der Waals surface area contributed by atoms with E-state index in [1.807, 2.05) is 0 Å². The van der Waals surface area contributed by atoms with Gasteiger partial charge in [-0.15, -0.1) is 0 Å². The number of nitrogens with one attached hydrogen (secondary N) is 1. The SMILES string of the molecule is O=C(O)CCCNC(=O)CCS(=O)c1ccc2c(c1)OCCO2. The summed E-state index contributed by atoms with van der Waals surface area (Å²) in [5, 5.41) is 11.1. The molecule has 1 aliphatic rings. The van der Waals surface area contributed by atoms with E-state index >= 15 is 0 Å². The minimum atomic E-state index is -1.31. The Hall–Kier alpha value is -2.09. The number of rotatable bonds is 8. The third-order valence-corrected chi connectivity index (χ3v) is 4.54. The maximum atomic E-state index is 12.2. The zero-order chi connectivity index (χ0) is 16.7. The lowest BCUT2D eigenvalue weighted by atomic mass is 10.3. The number of carboxylic acid groups (broad SMARTS) is 1. The first-order valence-electron chi connectivity index (χ1n) is 7.33. The quantitative estimate of drug-likeness (QED) is 0.682. The van der Waals surface area contributed by atoms with Crippen LogP contribution in [-0.4, -0.2) is 46.7 Å². The maximum Gasteiger partial charge on any atom is 0.303 e. The zero-order valence-electron chi connectivity index (χ0n) is 12.6. The molecule has 0 aliphatic carbocycles. The molecular formula is C15H19NO6S. The Labute approximate surface area is 136 Å². The van der Waals surface area contributed by atoms with Crippen molar-refractivity contribution >= 4 is 22.7 Å². The summed E-state index contributed by atoms with van der Waals surface area (Å²) in [4.78, 5) is 22.6. The van der Waals surface area contributed by atoms with Gasteiger partial charge in [-0.3, -0.25) is 13.8 Å². The predicted molar refractivity (Wildman–Crippen MR) is 83.2 cm³/mol. The van der Waals surface area contributed by atoms with Crippen molar-refractivity contribution < 1.29 is 28.4 Å². The smallest absolute Gasteiger partial charge is 0.303 e. The van der Waals surface area contributed by atoms with Crippen LogP contribution < -0.4 is 14.8 Å². The minimum Gasteiger partial charge on any atom is -0.486 e. The molecule has 1 heterocycles. The van der Waals surface area contributed by atoms with Gasteiger partial charge >= 0.3 is 5.97 Å². The number of benzene rings is 1. The van der Waals surface area contributed by atoms with Gasteiger partial charge in [0, 0.05) is 36.1 Å². The van der Waals surface area contributed by atoms with Crippen LogP contribution in [0, 0.1) is 0 Å². The molecule has 1 aromatic carbocycles. The summed E-state index contributed by atoms with van der Waals surface area (Å²) in [7, 11) is -1.31. The number of carbonyl (C=O) groups is 2. The van der Waals surface area contributed by atoms with Gasteiger partial charge in [-0.25, -0.2) is 0 Å². The second kappa shape index (κ2) is 8.52. The summed E-state index contributed by atoms with van der Waals surface area (Å²) in [6.07, 6.45) is 0.518. The Morgan fingerprint density at radius 3 is 2.65 bits per heavy atom. The van der Waals surface area contributed by atoms with E-state index in [2.05, 4.69) is 5.32 Å². The fourth-order valence-electron chi connectivity index (χ4n) is 2.02. The van der Waals surface area contributed by atoms with E-state index in [4.69, 9.17) is 14.6 Å². The molecule has 1 aromatic rings. The first-order valence-corrected chi connectivity index (χ1v) is 8.64. The van der Waals surface area contributed by atoms with Crippen molar-refractivity contribution in [2.45, 2.75) is 24.2 Å². The van der Waals surface area contributed by atoms with E-state index in [0.29, 0.717) is 42.6 Å². The Kier molecular flexibility index (Phi) is 6.40. The average Bonchev–Trinajstić information content (AvgIpc) is 2.56. The van der Waals surface area contributed by atoms with E-state index in [1.165, 1.54) is 0 Å². The fraction of sp³-hybridized carbons (Fsp3) is 0.467. The Morgan fingerprint density at radius 2 is 1.91 bits per heavy atom. The highest BCUT2D eigenvalue weighted by Crippen LogP contribution is 2.31. The summed E-state index contributed by atoms with van der Waals surface area (Å²) in [6, 6.07) is 5.09. The van der Waals surface area contributed by atoms with Gasteiger partial charge in [0.2, 0.25) is 5.91 Å². The molecule has 0 saturated heterocycles. The molecule has 1 atom stereocenters. The number of hydrogen-bond donors (Lipinski definition) is 2. The van der Waals surface area contributed by atoms with Crippen molar-refractivity contribution in [3.63, 3.8) is 0 Å². The van der Waals surface area contributed by atoms with Gasteiger partial charge in [0.15, 0.2) is 11.5 Å². The standard InChI is InChI=1S/C15H19NO6S/c17-14(16-6-1-2-15(18)19)5-9-23(20)11-3-4-12-13(10-11)22-8-7-21-12/h3-4,10H,1-2,5-9H2,(H,16,17)(H,18,19). The van der Waals surface area contributed by atoms with Crippen molar-refractivity contribution in [3.05, 3.63) is 18.2 Å². The highest BCUT2D eigenvalue weighted by molar-refractivity contribution is 7.85. The van der Waals surface area contributed by atoms with Gasteiger partial charge in [0.25, 0.3) is 0 Å². The van der Waals surface area contributed by atoms with Gasteiger partial charge in [-0.05, 0) is 18.6 Å². The monoisotopic (exact) mass is 341 g/mol. The molecule has 1 aliphatic heterocycles. The molecule has 0 bridgehead atoms. The van der Waals surface area contributed by atoms with Crippen LogP contribution in [0.1, 0.15) is 19.3 Å². The molecule has 0 radical (unpaired) electrons. The topological polar surface area (TPSA) is 102 Å². The van der Waals surface area contributed by atoms with E-state index in [-0.39, 0.29) is 24.5 Å². The molecule has 1 unspecified atom stereocenters. The van der Waals surface area contributed by atoms with Crippen molar-refractivity contribution in [3.8, 4) is 11.5 Å². The predicted octanol–water partition coefficient (Wildman–Crippen LogP) is 0.936. The molecule has 0 spiro atoms. The van der Waals surface area contributed by atoms with Crippen LogP contribution in [0.15, 0.2) is 23.1 Å². The van der Waals surface area contributed by atoms with Gasteiger partial charge < -0.3 is 19.9 Å². The molecule has 0 fully saturated rings. The van der Waals surface area contributed by atoms with E-state index in [9.17, 15) is 13.8 Å². The molecule has 2 rings (SSSR count). The Bertz CT molecular complexity index is 604. The summed E-state index contributed by atoms with van der Waals surface area (Å²) in [6.45, 7) is 1.26. The van der Waals surface area contributed by atoms with Crippen molar-refractivity contribution in [2.75, 3.05) is 25.5 Å². The minimum absolute atomic E-state index is 0.0173. The number of hydrogen-bond acceptors (Lipinski definition) is 5. The zero-order valence-corrected chi connectivity index (χ0v) is 13.4. The molecule has 23 heavy (non-hydrogen) atoms. The highest BCUT2D eigenvalue weighted by Gasteiger charge is 2.15. The molecule has 1 amide bonds. The number of carboxylic acids is 1. The second-order valence-corrected chi connectivity index (χ2v) is 6.52. The van der Waals surface area contributed by atoms with E-state index in [1.54, 1.807) is 18.2 Å². The molecule has 0 aromatic heterocycles. The van der Waals surface area contributed by atoms with Gasteiger partial charge in [0.05, 0.1) is 10.8 Å². The van der Waals surface area contributed by atoms with E-state index < -0.39 is 16.8 Å². The third-order valence-electron chi connectivity index (χ3n) is 3.18. The van der Waals surface area contributed by atoms with Crippen LogP contribution in [0.3, 0.4) is 0 Å². The van der Waals surface area contributed by atoms with Crippen LogP contribution in [0.2, 0.25) is 0 Å². The second-order valence-electron chi connectivity index (χ2n) is 4.95. The lowest BCUT2D eigenvalue weighted by Crippen LogP contribution is -2.26. The average molecular weight is 341 g/mol. The number of ether oxygens (including phenoxy) is 2. The Morgan fingerprint density at radius 1 is 1.17 bits per heavy atom. The molecule has 8 heteroatoms. The van der Waals surface area contributed by atoms with Gasteiger partial charge in [-0.1, -0.05) is 0 Å². The number of fused-ring (bicyclic) bond motifs is 1. The number of aliphatic carboxylic acids is 1. The molecule has 126 valence electrons. The maximum absolute atomic E-state index is 12.2. The third kappa shape index (κ3) is 5.55. The fourth-order valence-corrected chi connectivity index (χ4v) is 3.09. The molecule has 2 N–H and O–H groups in total. The highest BCUT2D eigenvalue weighted by atomic mass is 32.2. The van der Waals surface area contributed by atoms with Crippen LogP contribution in [0.25, 0.3) is 0 Å². The summed E-state index contributed by atoms with van der Waals surface area (Å²) < 4.78 is 23.0. The van der Waals surface area contributed by atoms with Crippen LogP contribution in [0.4, 0.5) is 0 Å². The lowest BCUT2D eigenvalue weighted by Gasteiger charge is -2.18. The van der Waals surface area contributed by atoms with Crippen LogP contribution in [-0.2, 0) is 20.4 Å². The molecular weight excluding hydrogens is 322 g/mol. The van der Waals surface area contributed by atoms with Gasteiger partial charge in [-0.2, -0.15) is 0 Å². The summed E-state index contributed by atoms with van der Waals surface area (Å²) in [5.41, 5.74) is 0. The van der Waals surface area contributed by atoms with Gasteiger partial charge in [0.1, 0.15) is 13.2 Å². The first-order chi connectivity index (χ1) is 11.1. The van der Waals surface area contributed by atoms with Crippen LogP contribution in [0.5, 0.6) is 11.5 Å². The largest absolute Gasteiger partial charge is 0.486 e.